The molecule has 2 aliphatic heterocycles. The number of aliphatic imine (C=N–C) groups is 4. The zero-order chi connectivity index (χ0) is 28.6. The van der Waals surface area contributed by atoms with Crippen molar-refractivity contribution >= 4 is 23.8 Å². The van der Waals surface area contributed by atoms with Crippen LogP contribution in [-0.2, 0) is 12.8 Å². The summed E-state index contributed by atoms with van der Waals surface area (Å²) < 4.78 is 0. The van der Waals surface area contributed by atoms with Gasteiger partial charge in [0, 0.05) is 76.9 Å². The highest BCUT2D eigenvalue weighted by atomic mass is 15.4. The van der Waals surface area contributed by atoms with Crippen LogP contribution in [0.25, 0.3) is 0 Å². The molecule has 4 heterocycles. The maximum atomic E-state index is 5.03. The summed E-state index contributed by atoms with van der Waals surface area (Å²) in [6.07, 6.45) is 5.65. The van der Waals surface area contributed by atoms with Gasteiger partial charge in [-0.25, -0.2) is 20.0 Å². The number of likely N-dealkylation sites (N-methyl/N-ethyl adjacent to an activating group) is 1. The Hall–Kier alpha value is -3.96. The Morgan fingerprint density at radius 2 is 1.35 bits per heavy atom. The topological polar surface area (TPSA) is 127 Å². The molecule has 0 spiro atoms. The molecule has 12 heteroatoms. The molecule has 0 aliphatic carbocycles. The van der Waals surface area contributed by atoms with Gasteiger partial charge in [-0.05, 0) is 52.0 Å². The molecule has 0 fully saturated rings. The molecule has 12 nitrogen and oxygen atoms in total. The van der Waals surface area contributed by atoms with Crippen LogP contribution < -0.4 is 16.0 Å². The lowest BCUT2D eigenvalue weighted by Crippen LogP contribution is -2.51. The Balaban J connectivity index is 1.53. The molecule has 0 saturated carbocycles. The van der Waals surface area contributed by atoms with E-state index in [2.05, 4.69) is 82.6 Å². The molecular weight excluding hydrogens is 504 g/mol. The maximum Gasteiger partial charge on any atom is 0.202 e. The van der Waals surface area contributed by atoms with Crippen molar-refractivity contribution in [1.29, 1.82) is 0 Å². The van der Waals surface area contributed by atoms with Crippen LogP contribution >= 0.6 is 0 Å². The predicted octanol–water partition coefficient (Wildman–Crippen LogP) is 1.65. The number of hydrogen-bond donors (Lipinski definition) is 5. The van der Waals surface area contributed by atoms with Crippen molar-refractivity contribution in [2.75, 3.05) is 40.9 Å². The summed E-state index contributed by atoms with van der Waals surface area (Å²) in [6.45, 7) is 10.4. The molecule has 5 N–H and O–H groups in total. The molecule has 4 rings (SSSR count). The SMILES string of the molecule is CC1N=C(N(C)C)NC(N(CCc2ccc[nH]2)CN=C2NC(N(C)CCc3ccc[nH]3)=NC(C)C(C)N2)=NC1C. The lowest BCUT2D eigenvalue weighted by atomic mass is 10.2. The predicted molar refractivity (Wildman–Crippen MR) is 164 cm³/mol. The molecular formula is C28H46N12. The minimum Gasteiger partial charge on any atom is -0.365 e. The fraction of sp³-hybridized carbons (Fsp3) is 0.571. The van der Waals surface area contributed by atoms with Gasteiger partial charge in [-0.1, -0.05) is 0 Å². The fourth-order valence-electron chi connectivity index (χ4n) is 4.34. The van der Waals surface area contributed by atoms with E-state index in [1.807, 2.05) is 43.5 Å². The standard InChI is InChI=1S/C28H46N12/c1-19-20(2)34-27(39(7)16-12-23-10-8-14-29-23)36-25(32-19)31-18-40(17-13-24-11-9-15-30-24)28-35-22(4)21(3)33-26(37-28)38(5)6/h8-11,14-15,19-22,29-30H,12-13,16-18H2,1-7H3,(H,33,35,37)(H2,31,32,34,36). The number of nitrogens with zero attached hydrogens (tertiary/aromatic N) is 7. The number of H-pyrrole nitrogens is 2. The molecule has 2 aromatic heterocycles. The molecule has 0 amide bonds. The van der Waals surface area contributed by atoms with Gasteiger partial charge in [0.05, 0.1) is 18.1 Å². The quantitative estimate of drug-likeness (QED) is 0.340. The molecule has 2 aromatic rings. The lowest BCUT2D eigenvalue weighted by Gasteiger charge is -2.27. The zero-order valence-electron chi connectivity index (χ0n) is 24.9. The second-order valence-corrected chi connectivity index (χ2v) is 10.9. The van der Waals surface area contributed by atoms with Crippen LogP contribution in [0.2, 0.25) is 0 Å². The Kier molecular flexibility index (Phi) is 9.73. The van der Waals surface area contributed by atoms with Gasteiger partial charge in [0.15, 0.2) is 5.96 Å². The molecule has 0 bridgehead atoms. The second-order valence-electron chi connectivity index (χ2n) is 10.9. The van der Waals surface area contributed by atoms with Crippen LogP contribution in [-0.4, -0.2) is 114 Å². The van der Waals surface area contributed by atoms with Gasteiger partial charge in [-0.3, -0.25) is 10.6 Å². The van der Waals surface area contributed by atoms with E-state index in [4.69, 9.17) is 20.0 Å². The van der Waals surface area contributed by atoms with E-state index < -0.39 is 0 Å². The monoisotopic (exact) mass is 550 g/mol. The summed E-state index contributed by atoms with van der Waals surface area (Å²) in [4.78, 5) is 32.7. The Labute approximate surface area is 238 Å². The van der Waals surface area contributed by atoms with E-state index in [0.717, 1.165) is 43.8 Å². The molecule has 4 atom stereocenters. The van der Waals surface area contributed by atoms with Crippen molar-refractivity contribution in [3.63, 3.8) is 0 Å². The minimum atomic E-state index is 0.0302. The van der Waals surface area contributed by atoms with E-state index in [1.165, 1.54) is 11.4 Å². The third kappa shape index (κ3) is 7.80. The number of aromatic nitrogens is 2. The van der Waals surface area contributed by atoms with Crippen molar-refractivity contribution < 1.29 is 0 Å². The number of aromatic amines is 2. The first-order valence-electron chi connectivity index (χ1n) is 14.2. The van der Waals surface area contributed by atoms with Gasteiger partial charge in [0.25, 0.3) is 0 Å². The van der Waals surface area contributed by atoms with E-state index in [1.54, 1.807) is 0 Å². The fourth-order valence-corrected chi connectivity index (χ4v) is 4.34. The first kappa shape index (κ1) is 29.0. The van der Waals surface area contributed by atoms with Gasteiger partial charge in [0.1, 0.15) is 6.67 Å². The summed E-state index contributed by atoms with van der Waals surface area (Å²) in [7, 11) is 6.04. The largest absolute Gasteiger partial charge is 0.365 e. The van der Waals surface area contributed by atoms with E-state index in [9.17, 15) is 0 Å². The molecule has 218 valence electrons. The third-order valence-electron chi connectivity index (χ3n) is 7.39. The van der Waals surface area contributed by atoms with Crippen molar-refractivity contribution in [2.45, 2.75) is 64.7 Å². The van der Waals surface area contributed by atoms with Crippen LogP contribution in [0.5, 0.6) is 0 Å². The van der Waals surface area contributed by atoms with Gasteiger partial charge in [-0.15, -0.1) is 0 Å². The second kappa shape index (κ2) is 13.4. The highest BCUT2D eigenvalue weighted by Crippen LogP contribution is 2.10. The van der Waals surface area contributed by atoms with Gasteiger partial charge >= 0.3 is 0 Å². The summed E-state index contributed by atoms with van der Waals surface area (Å²) in [5.41, 5.74) is 2.37. The average molecular weight is 551 g/mol. The summed E-state index contributed by atoms with van der Waals surface area (Å²) in [6, 6.07) is 8.56. The molecule has 2 aliphatic rings. The number of rotatable bonds is 8. The van der Waals surface area contributed by atoms with Crippen LogP contribution in [0.4, 0.5) is 0 Å². The highest BCUT2D eigenvalue weighted by Gasteiger charge is 2.24. The van der Waals surface area contributed by atoms with Crippen LogP contribution in [0, 0.1) is 0 Å². The van der Waals surface area contributed by atoms with Crippen LogP contribution in [0.1, 0.15) is 39.1 Å². The molecule has 0 radical (unpaired) electrons. The summed E-state index contributed by atoms with van der Waals surface area (Å²) in [5, 5.41) is 10.5. The number of hydrogen-bond acceptors (Lipinski definition) is 8. The normalized spacial score (nSPS) is 24.0. The Morgan fingerprint density at radius 3 is 1.95 bits per heavy atom. The van der Waals surface area contributed by atoms with Crippen LogP contribution in [0.15, 0.2) is 56.6 Å². The lowest BCUT2D eigenvalue weighted by molar-refractivity contribution is 0.417. The van der Waals surface area contributed by atoms with E-state index in [0.29, 0.717) is 12.6 Å². The van der Waals surface area contributed by atoms with E-state index >= 15 is 0 Å². The minimum absolute atomic E-state index is 0.0302. The molecule has 0 aromatic carbocycles. The van der Waals surface area contributed by atoms with E-state index in [-0.39, 0.29) is 24.2 Å². The average Bonchev–Trinajstić information content (AvgIpc) is 3.59. The zero-order valence-corrected chi connectivity index (χ0v) is 24.9. The maximum absolute atomic E-state index is 5.03. The number of guanidine groups is 4. The van der Waals surface area contributed by atoms with Gasteiger partial charge in [0.2, 0.25) is 17.9 Å². The highest BCUT2D eigenvalue weighted by molar-refractivity contribution is 6.00. The van der Waals surface area contributed by atoms with Crippen molar-refractivity contribution in [1.82, 2.24) is 40.6 Å². The van der Waals surface area contributed by atoms with Crippen molar-refractivity contribution in [3.8, 4) is 0 Å². The Morgan fingerprint density at radius 1 is 0.750 bits per heavy atom. The van der Waals surface area contributed by atoms with Crippen molar-refractivity contribution in [3.05, 3.63) is 48.0 Å². The number of nitrogens with one attached hydrogen (secondary N) is 5. The first-order chi connectivity index (χ1) is 19.2. The van der Waals surface area contributed by atoms with Crippen LogP contribution in [0.3, 0.4) is 0 Å². The van der Waals surface area contributed by atoms with Gasteiger partial charge < -0.3 is 30.0 Å². The third-order valence-corrected chi connectivity index (χ3v) is 7.39. The first-order valence-corrected chi connectivity index (χ1v) is 14.2. The van der Waals surface area contributed by atoms with Gasteiger partial charge in [-0.2, -0.15) is 0 Å². The molecule has 40 heavy (non-hydrogen) atoms. The smallest absolute Gasteiger partial charge is 0.202 e. The summed E-state index contributed by atoms with van der Waals surface area (Å²) >= 11 is 0. The molecule has 0 saturated heterocycles. The molecule has 4 unspecified atom stereocenters. The Bertz CT molecular complexity index is 1180. The van der Waals surface area contributed by atoms with Crippen molar-refractivity contribution in [2.24, 2.45) is 20.0 Å². The summed E-state index contributed by atoms with van der Waals surface area (Å²) in [5.74, 6) is 3.07.